The Morgan fingerprint density at radius 2 is 1.90 bits per heavy atom. The van der Waals surface area contributed by atoms with Crippen molar-refractivity contribution < 1.29 is 0 Å². The Morgan fingerprint density at radius 1 is 1.15 bits per heavy atom. The molecule has 3 rings (SSSR count). The van der Waals surface area contributed by atoms with Crippen LogP contribution in [0.1, 0.15) is 12.6 Å². The Bertz CT molecular complexity index is 744. The molecule has 0 saturated carbocycles. The van der Waals surface area contributed by atoms with Crippen molar-refractivity contribution in [1.82, 2.24) is 9.38 Å². The van der Waals surface area contributed by atoms with Crippen LogP contribution in [0.15, 0.2) is 42.6 Å². The highest BCUT2D eigenvalue weighted by molar-refractivity contribution is 6.30. The lowest BCUT2D eigenvalue weighted by atomic mass is 10.1. The molecule has 0 atom stereocenters. The molecule has 0 aliphatic rings. The molecule has 0 saturated heterocycles. The maximum absolute atomic E-state index is 5.94. The topological polar surface area (TPSA) is 29.3 Å². The summed E-state index contributed by atoms with van der Waals surface area (Å²) in [5.74, 6) is 0. The van der Waals surface area contributed by atoms with Crippen LogP contribution in [0.25, 0.3) is 16.9 Å². The minimum Gasteiger partial charge on any atom is -0.384 e. The smallest absolute Gasteiger partial charge is 0.137 e. The summed E-state index contributed by atoms with van der Waals surface area (Å²) in [7, 11) is 0. The van der Waals surface area contributed by atoms with Gasteiger partial charge < -0.3 is 9.72 Å². The van der Waals surface area contributed by atoms with E-state index in [0.717, 1.165) is 39.9 Å². The van der Waals surface area contributed by atoms with Gasteiger partial charge in [-0.25, -0.2) is 4.98 Å². The lowest BCUT2D eigenvalue weighted by Gasteiger charge is -2.04. The van der Waals surface area contributed by atoms with E-state index in [0.29, 0.717) is 0 Å². The molecule has 0 radical (unpaired) electrons. The van der Waals surface area contributed by atoms with Gasteiger partial charge in [-0.15, -0.1) is 0 Å². The second kappa shape index (κ2) is 5.17. The summed E-state index contributed by atoms with van der Waals surface area (Å²) < 4.78 is 2.11. The van der Waals surface area contributed by atoms with Crippen LogP contribution in [-0.2, 0) is 0 Å². The number of fused-ring (bicyclic) bond motifs is 1. The Kier molecular flexibility index (Phi) is 3.36. The molecule has 102 valence electrons. The fourth-order valence-corrected chi connectivity index (χ4v) is 2.48. The number of rotatable bonds is 3. The van der Waals surface area contributed by atoms with Gasteiger partial charge in [0.15, 0.2) is 0 Å². The first-order valence-corrected chi connectivity index (χ1v) is 7.05. The SMILES string of the molecule is CCNc1ccc2nc(-c3ccc(Cl)cc3)c(C)n2c1. The number of imidazole rings is 1. The van der Waals surface area contributed by atoms with Gasteiger partial charge in [0.25, 0.3) is 0 Å². The molecule has 0 spiro atoms. The van der Waals surface area contributed by atoms with E-state index in [1.54, 1.807) is 0 Å². The monoisotopic (exact) mass is 285 g/mol. The standard InChI is InChI=1S/C16H16ClN3/c1-3-18-14-8-9-15-19-16(11(2)20(15)10-14)12-4-6-13(17)7-5-12/h4-10,18H,3H2,1-2H3. The largest absolute Gasteiger partial charge is 0.384 e. The van der Waals surface area contributed by atoms with Crippen LogP contribution in [0.5, 0.6) is 0 Å². The molecule has 0 amide bonds. The van der Waals surface area contributed by atoms with Crippen LogP contribution in [-0.4, -0.2) is 15.9 Å². The quantitative estimate of drug-likeness (QED) is 0.773. The van der Waals surface area contributed by atoms with Crippen molar-refractivity contribution in [2.45, 2.75) is 13.8 Å². The number of halogens is 1. The molecular formula is C16H16ClN3. The van der Waals surface area contributed by atoms with Gasteiger partial charge in [-0.3, -0.25) is 0 Å². The van der Waals surface area contributed by atoms with E-state index >= 15 is 0 Å². The van der Waals surface area contributed by atoms with Gasteiger partial charge in [-0.2, -0.15) is 0 Å². The fourth-order valence-electron chi connectivity index (χ4n) is 2.35. The minimum absolute atomic E-state index is 0.740. The third-order valence-electron chi connectivity index (χ3n) is 3.36. The predicted octanol–water partition coefficient (Wildman–Crippen LogP) is 4.39. The second-order valence-corrected chi connectivity index (χ2v) is 5.17. The molecule has 1 N–H and O–H groups in total. The third kappa shape index (κ3) is 2.25. The molecule has 1 aromatic carbocycles. The number of anilines is 1. The van der Waals surface area contributed by atoms with Crippen molar-refractivity contribution in [2.75, 3.05) is 11.9 Å². The Balaban J connectivity index is 2.12. The number of aryl methyl sites for hydroxylation is 1. The van der Waals surface area contributed by atoms with Gasteiger partial charge in [0.1, 0.15) is 5.65 Å². The summed E-state index contributed by atoms with van der Waals surface area (Å²) in [5, 5.41) is 4.06. The van der Waals surface area contributed by atoms with Crippen LogP contribution in [0.4, 0.5) is 5.69 Å². The molecule has 2 aromatic heterocycles. The van der Waals surface area contributed by atoms with Gasteiger partial charge >= 0.3 is 0 Å². The summed E-state index contributed by atoms with van der Waals surface area (Å²) in [6.45, 7) is 5.08. The molecule has 20 heavy (non-hydrogen) atoms. The van der Waals surface area contributed by atoms with E-state index in [2.05, 4.69) is 35.8 Å². The van der Waals surface area contributed by atoms with Gasteiger partial charge in [0, 0.05) is 29.0 Å². The van der Waals surface area contributed by atoms with E-state index in [1.165, 1.54) is 0 Å². The minimum atomic E-state index is 0.740. The molecule has 0 aliphatic carbocycles. The predicted molar refractivity (Wildman–Crippen MR) is 84.5 cm³/mol. The second-order valence-electron chi connectivity index (χ2n) is 4.73. The molecule has 4 heteroatoms. The van der Waals surface area contributed by atoms with E-state index in [9.17, 15) is 0 Å². The van der Waals surface area contributed by atoms with E-state index in [1.807, 2.05) is 30.3 Å². The zero-order valence-corrected chi connectivity index (χ0v) is 12.3. The van der Waals surface area contributed by atoms with E-state index in [4.69, 9.17) is 16.6 Å². The number of hydrogen-bond donors (Lipinski definition) is 1. The Hall–Kier alpha value is -2.00. The average Bonchev–Trinajstić information content (AvgIpc) is 2.78. The Morgan fingerprint density at radius 3 is 2.60 bits per heavy atom. The summed E-state index contributed by atoms with van der Waals surface area (Å²) >= 11 is 5.94. The number of pyridine rings is 1. The van der Waals surface area contributed by atoms with Crippen LogP contribution in [0.3, 0.4) is 0 Å². The van der Waals surface area contributed by atoms with Crippen LogP contribution < -0.4 is 5.32 Å². The van der Waals surface area contributed by atoms with Gasteiger partial charge in [-0.05, 0) is 38.1 Å². The summed E-state index contributed by atoms with van der Waals surface area (Å²) in [5.41, 5.74) is 5.26. The van der Waals surface area contributed by atoms with Crippen LogP contribution in [0.2, 0.25) is 5.02 Å². The van der Waals surface area contributed by atoms with Gasteiger partial charge in [0.2, 0.25) is 0 Å². The summed E-state index contributed by atoms with van der Waals surface area (Å²) in [6, 6.07) is 11.9. The molecule has 2 heterocycles. The first-order valence-electron chi connectivity index (χ1n) is 6.67. The maximum Gasteiger partial charge on any atom is 0.137 e. The maximum atomic E-state index is 5.94. The van der Waals surface area contributed by atoms with Crippen molar-refractivity contribution in [3.8, 4) is 11.3 Å². The van der Waals surface area contributed by atoms with Gasteiger partial charge in [0.05, 0.1) is 11.4 Å². The normalized spacial score (nSPS) is 10.9. The first kappa shape index (κ1) is 13.0. The fraction of sp³-hybridized carbons (Fsp3) is 0.188. The zero-order valence-electron chi connectivity index (χ0n) is 11.5. The number of benzene rings is 1. The number of hydrogen-bond acceptors (Lipinski definition) is 2. The average molecular weight is 286 g/mol. The third-order valence-corrected chi connectivity index (χ3v) is 3.61. The highest BCUT2D eigenvalue weighted by atomic mass is 35.5. The molecule has 0 aliphatic heterocycles. The molecule has 0 fully saturated rings. The van der Waals surface area contributed by atoms with E-state index in [-0.39, 0.29) is 0 Å². The highest BCUT2D eigenvalue weighted by Gasteiger charge is 2.10. The molecule has 3 nitrogen and oxygen atoms in total. The van der Waals surface area contributed by atoms with Crippen molar-refractivity contribution in [1.29, 1.82) is 0 Å². The van der Waals surface area contributed by atoms with Crippen molar-refractivity contribution in [2.24, 2.45) is 0 Å². The number of nitrogens with zero attached hydrogens (tertiary/aromatic N) is 2. The van der Waals surface area contributed by atoms with Crippen molar-refractivity contribution >= 4 is 22.9 Å². The zero-order chi connectivity index (χ0) is 14.1. The number of aromatic nitrogens is 2. The van der Waals surface area contributed by atoms with Crippen LogP contribution >= 0.6 is 11.6 Å². The highest BCUT2D eigenvalue weighted by Crippen LogP contribution is 2.26. The molecule has 3 aromatic rings. The summed E-state index contributed by atoms with van der Waals surface area (Å²) in [4.78, 5) is 4.71. The number of nitrogens with one attached hydrogen (secondary N) is 1. The lowest BCUT2D eigenvalue weighted by Crippen LogP contribution is -1.98. The van der Waals surface area contributed by atoms with E-state index < -0.39 is 0 Å². The molecular weight excluding hydrogens is 270 g/mol. The summed E-state index contributed by atoms with van der Waals surface area (Å²) in [6.07, 6.45) is 2.08. The van der Waals surface area contributed by atoms with Crippen molar-refractivity contribution in [3.63, 3.8) is 0 Å². The van der Waals surface area contributed by atoms with Gasteiger partial charge in [-0.1, -0.05) is 23.7 Å². The molecule has 0 unspecified atom stereocenters. The lowest BCUT2D eigenvalue weighted by molar-refractivity contribution is 1.10. The van der Waals surface area contributed by atoms with Crippen molar-refractivity contribution in [3.05, 3.63) is 53.3 Å². The molecule has 0 bridgehead atoms. The van der Waals surface area contributed by atoms with Crippen LogP contribution in [0, 0.1) is 6.92 Å². The first-order chi connectivity index (χ1) is 9.69. The Labute approximate surface area is 123 Å².